The SMILES string of the molecule is CC1CCC(C(=O)N(C)CC2CC(Br)C2)O1. The third-order valence-electron chi connectivity index (χ3n) is 3.59. The molecule has 1 aliphatic heterocycles. The molecular weight excluding hydrogens is 270 g/mol. The summed E-state index contributed by atoms with van der Waals surface area (Å²) < 4.78 is 5.60. The van der Waals surface area contributed by atoms with Gasteiger partial charge >= 0.3 is 0 Å². The van der Waals surface area contributed by atoms with Gasteiger partial charge in [0.15, 0.2) is 0 Å². The van der Waals surface area contributed by atoms with Gasteiger partial charge in [-0.25, -0.2) is 0 Å². The van der Waals surface area contributed by atoms with E-state index in [4.69, 9.17) is 4.74 Å². The van der Waals surface area contributed by atoms with E-state index in [2.05, 4.69) is 15.9 Å². The molecule has 3 nitrogen and oxygen atoms in total. The van der Waals surface area contributed by atoms with Crippen molar-refractivity contribution in [1.82, 2.24) is 4.90 Å². The normalized spacial score (nSPS) is 38.2. The molecule has 16 heavy (non-hydrogen) atoms. The summed E-state index contributed by atoms with van der Waals surface area (Å²) in [5, 5.41) is 0. The standard InChI is InChI=1S/C12H20BrNO2/c1-8-3-4-11(16-8)12(15)14(2)7-9-5-10(13)6-9/h8-11H,3-7H2,1-2H3. The number of carbonyl (C=O) groups is 1. The number of ether oxygens (including phenoxy) is 1. The van der Waals surface area contributed by atoms with Crippen molar-refractivity contribution in [2.24, 2.45) is 5.92 Å². The predicted octanol–water partition coefficient (Wildman–Crippen LogP) is 2.19. The van der Waals surface area contributed by atoms with E-state index in [9.17, 15) is 4.79 Å². The molecular formula is C12H20BrNO2. The Kier molecular flexibility index (Phi) is 3.90. The number of hydrogen-bond donors (Lipinski definition) is 0. The molecule has 2 aliphatic rings. The van der Waals surface area contributed by atoms with Crippen LogP contribution in [0.3, 0.4) is 0 Å². The summed E-state index contributed by atoms with van der Waals surface area (Å²) in [5.74, 6) is 0.847. The minimum Gasteiger partial charge on any atom is -0.365 e. The van der Waals surface area contributed by atoms with Crippen molar-refractivity contribution in [2.45, 2.75) is 49.6 Å². The highest BCUT2D eigenvalue weighted by Gasteiger charge is 2.33. The quantitative estimate of drug-likeness (QED) is 0.746. The van der Waals surface area contributed by atoms with Gasteiger partial charge in [0.1, 0.15) is 6.10 Å². The second-order valence-electron chi connectivity index (χ2n) is 5.17. The summed E-state index contributed by atoms with van der Waals surface area (Å²) in [6.45, 7) is 2.92. The van der Waals surface area contributed by atoms with E-state index < -0.39 is 0 Å². The van der Waals surface area contributed by atoms with E-state index in [1.54, 1.807) is 0 Å². The van der Waals surface area contributed by atoms with Crippen molar-refractivity contribution in [3.63, 3.8) is 0 Å². The Balaban J connectivity index is 1.76. The summed E-state index contributed by atoms with van der Waals surface area (Å²) in [5.41, 5.74) is 0. The van der Waals surface area contributed by atoms with Crippen LogP contribution in [0.5, 0.6) is 0 Å². The molecule has 0 bridgehead atoms. The zero-order valence-corrected chi connectivity index (χ0v) is 11.6. The van der Waals surface area contributed by atoms with Gasteiger partial charge < -0.3 is 9.64 Å². The number of nitrogens with zero attached hydrogens (tertiary/aromatic N) is 1. The molecule has 0 N–H and O–H groups in total. The Labute approximate surface area is 106 Å². The van der Waals surface area contributed by atoms with Crippen molar-refractivity contribution in [2.75, 3.05) is 13.6 Å². The molecule has 1 heterocycles. The number of rotatable bonds is 3. The maximum Gasteiger partial charge on any atom is 0.251 e. The van der Waals surface area contributed by atoms with Crippen LogP contribution in [0.2, 0.25) is 0 Å². The predicted molar refractivity (Wildman–Crippen MR) is 66.6 cm³/mol. The van der Waals surface area contributed by atoms with Crippen LogP contribution >= 0.6 is 15.9 Å². The Morgan fingerprint density at radius 1 is 1.44 bits per heavy atom. The first kappa shape index (κ1) is 12.4. The first-order valence-electron chi connectivity index (χ1n) is 6.10. The van der Waals surface area contributed by atoms with Gasteiger partial charge in [-0.15, -0.1) is 0 Å². The molecule has 2 atom stereocenters. The molecule has 2 fully saturated rings. The van der Waals surface area contributed by atoms with Crippen molar-refractivity contribution in [1.29, 1.82) is 0 Å². The lowest BCUT2D eigenvalue weighted by Crippen LogP contribution is -2.42. The number of likely N-dealkylation sites (N-methyl/N-ethyl adjacent to an activating group) is 1. The molecule has 0 aromatic carbocycles. The number of carbonyl (C=O) groups excluding carboxylic acids is 1. The summed E-state index contributed by atoms with van der Waals surface area (Å²) in [6.07, 6.45) is 4.35. The van der Waals surface area contributed by atoms with Gasteiger partial charge in [0.25, 0.3) is 5.91 Å². The van der Waals surface area contributed by atoms with Crippen LogP contribution in [0.1, 0.15) is 32.6 Å². The van der Waals surface area contributed by atoms with Gasteiger partial charge in [0.2, 0.25) is 0 Å². The molecule has 2 unspecified atom stereocenters. The highest BCUT2D eigenvalue weighted by atomic mass is 79.9. The first-order valence-corrected chi connectivity index (χ1v) is 7.02. The molecule has 1 aliphatic carbocycles. The fourth-order valence-electron chi connectivity index (χ4n) is 2.51. The van der Waals surface area contributed by atoms with Gasteiger partial charge in [-0.2, -0.15) is 0 Å². The van der Waals surface area contributed by atoms with E-state index >= 15 is 0 Å². The fraction of sp³-hybridized carbons (Fsp3) is 0.917. The summed E-state index contributed by atoms with van der Waals surface area (Å²) in [7, 11) is 1.90. The van der Waals surface area contributed by atoms with E-state index in [1.807, 2.05) is 18.9 Å². The lowest BCUT2D eigenvalue weighted by Gasteiger charge is -2.35. The molecule has 0 aromatic heterocycles. The zero-order chi connectivity index (χ0) is 11.7. The van der Waals surface area contributed by atoms with Gasteiger partial charge in [-0.05, 0) is 38.5 Å². The average molecular weight is 290 g/mol. The molecule has 92 valence electrons. The van der Waals surface area contributed by atoms with E-state index in [0.29, 0.717) is 10.7 Å². The number of amides is 1. The lowest BCUT2D eigenvalue weighted by atomic mass is 9.85. The molecule has 1 saturated carbocycles. The number of halogens is 1. The van der Waals surface area contributed by atoms with Crippen molar-refractivity contribution < 1.29 is 9.53 Å². The number of alkyl halides is 1. The van der Waals surface area contributed by atoms with Crippen LogP contribution < -0.4 is 0 Å². The number of hydrogen-bond acceptors (Lipinski definition) is 2. The first-order chi connectivity index (χ1) is 7.56. The third-order valence-corrected chi connectivity index (χ3v) is 4.34. The fourth-order valence-corrected chi connectivity index (χ4v) is 3.57. The Morgan fingerprint density at radius 3 is 2.62 bits per heavy atom. The van der Waals surface area contributed by atoms with Crippen molar-refractivity contribution >= 4 is 21.8 Å². The van der Waals surface area contributed by atoms with Crippen LogP contribution in [0, 0.1) is 5.92 Å². The molecule has 1 saturated heterocycles. The summed E-state index contributed by atoms with van der Waals surface area (Å²) in [6, 6.07) is 0. The van der Waals surface area contributed by atoms with Crippen LogP contribution in [-0.2, 0) is 9.53 Å². The zero-order valence-electron chi connectivity index (χ0n) is 9.99. The van der Waals surface area contributed by atoms with Crippen molar-refractivity contribution in [3.05, 3.63) is 0 Å². The smallest absolute Gasteiger partial charge is 0.251 e. The monoisotopic (exact) mass is 289 g/mol. The highest BCUT2D eigenvalue weighted by molar-refractivity contribution is 9.09. The molecule has 0 aromatic rings. The maximum absolute atomic E-state index is 12.0. The van der Waals surface area contributed by atoms with E-state index in [-0.39, 0.29) is 18.1 Å². The molecule has 1 amide bonds. The topological polar surface area (TPSA) is 29.5 Å². The van der Waals surface area contributed by atoms with Gasteiger partial charge in [-0.3, -0.25) is 4.79 Å². The Hall–Kier alpha value is -0.0900. The third kappa shape index (κ3) is 2.77. The molecule has 2 rings (SSSR count). The maximum atomic E-state index is 12.0. The van der Waals surface area contributed by atoms with E-state index in [0.717, 1.165) is 19.4 Å². The molecule has 0 spiro atoms. The van der Waals surface area contributed by atoms with Gasteiger partial charge in [-0.1, -0.05) is 15.9 Å². The Bertz CT molecular complexity index is 266. The second kappa shape index (κ2) is 5.05. The lowest BCUT2D eigenvalue weighted by molar-refractivity contribution is -0.142. The summed E-state index contributed by atoms with van der Waals surface area (Å²) in [4.78, 5) is 14.6. The molecule has 4 heteroatoms. The average Bonchev–Trinajstić information content (AvgIpc) is 2.61. The second-order valence-corrected chi connectivity index (χ2v) is 6.46. The van der Waals surface area contributed by atoms with E-state index in [1.165, 1.54) is 12.8 Å². The largest absolute Gasteiger partial charge is 0.365 e. The van der Waals surface area contributed by atoms with Crippen LogP contribution in [-0.4, -0.2) is 41.4 Å². The molecule has 0 radical (unpaired) electrons. The van der Waals surface area contributed by atoms with Crippen molar-refractivity contribution in [3.8, 4) is 0 Å². The minimum atomic E-state index is -0.181. The Morgan fingerprint density at radius 2 is 2.12 bits per heavy atom. The van der Waals surface area contributed by atoms with Crippen LogP contribution in [0.15, 0.2) is 0 Å². The van der Waals surface area contributed by atoms with Gasteiger partial charge in [0.05, 0.1) is 6.10 Å². The minimum absolute atomic E-state index is 0.169. The van der Waals surface area contributed by atoms with Crippen LogP contribution in [0.4, 0.5) is 0 Å². The van der Waals surface area contributed by atoms with Crippen LogP contribution in [0.25, 0.3) is 0 Å². The van der Waals surface area contributed by atoms with Gasteiger partial charge in [0, 0.05) is 18.4 Å². The summed E-state index contributed by atoms with van der Waals surface area (Å²) >= 11 is 3.57. The highest BCUT2D eigenvalue weighted by Crippen LogP contribution is 2.34.